The first-order valence-corrected chi connectivity index (χ1v) is 11.7. The van der Waals surface area contributed by atoms with E-state index in [-0.39, 0.29) is 0 Å². The van der Waals surface area contributed by atoms with Crippen molar-refractivity contribution < 1.29 is 8.42 Å². The summed E-state index contributed by atoms with van der Waals surface area (Å²) in [5.41, 5.74) is 2.33. The third-order valence-electron chi connectivity index (χ3n) is 4.20. The molecule has 0 amide bonds. The van der Waals surface area contributed by atoms with Crippen molar-refractivity contribution in [3.05, 3.63) is 76.9 Å². The predicted molar refractivity (Wildman–Crippen MR) is 115 cm³/mol. The van der Waals surface area contributed by atoms with Gasteiger partial charge in [-0.25, -0.2) is 13.1 Å². The van der Waals surface area contributed by atoms with E-state index in [4.69, 9.17) is 23.2 Å². The molecule has 4 rings (SSSR count). The molecular weight excluding hydrogens is 435 g/mol. The van der Waals surface area contributed by atoms with Crippen LogP contribution >= 0.6 is 34.5 Å². The molecule has 0 aliphatic carbocycles. The fourth-order valence-corrected chi connectivity index (χ4v) is 5.11. The smallest absolute Gasteiger partial charge is 0.175 e. The minimum Gasteiger partial charge on any atom is -0.229 e. The van der Waals surface area contributed by atoms with Crippen LogP contribution in [0.2, 0.25) is 10.0 Å². The molecule has 2 aromatic carbocycles. The molecule has 0 unspecified atom stereocenters. The van der Waals surface area contributed by atoms with Crippen LogP contribution in [0.3, 0.4) is 0 Å². The normalized spacial score (nSPS) is 11.7. The first kappa shape index (κ1) is 19.2. The Kier molecular flexibility index (Phi) is 5.05. The number of halogens is 2. The summed E-state index contributed by atoms with van der Waals surface area (Å²) in [5.74, 6) is 0. The fourth-order valence-electron chi connectivity index (χ4n) is 2.87. The quantitative estimate of drug-likeness (QED) is 0.385. The topological polar surface area (TPSA) is 52.0 Å². The molecule has 2 heterocycles. The zero-order valence-corrected chi connectivity index (χ0v) is 17.8. The highest BCUT2D eigenvalue weighted by atomic mass is 35.5. The fraction of sp³-hybridized carbons (Fsp3) is 0.0500. The number of aromatic nitrogens is 2. The summed E-state index contributed by atoms with van der Waals surface area (Å²) in [6.45, 7) is 0. The highest BCUT2D eigenvalue weighted by Gasteiger charge is 2.16. The maximum Gasteiger partial charge on any atom is 0.175 e. The van der Waals surface area contributed by atoms with Gasteiger partial charge in [0.25, 0.3) is 0 Å². The predicted octanol–water partition coefficient (Wildman–Crippen LogP) is 5.98. The van der Waals surface area contributed by atoms with Gasteiger partial charge in [-0.05, 0) is 48.0 Å². The van der Waals surface area contributed by atoms with Crippen molar-refractivity contribution in [2.45, 2.75) is 4.90 Å². The van der Waals surface area contributed by atoms with Gasteiger partial charge in [0.15, 0.2) is 9.84 Å². The van der Waals surface area contributed by atoms with E-state index in [9.17, 15) is 8.42 Å². The molecular formula is C20H14Cl2N2O2S2. The van der Waals surface area contributed by atoms with Crippen molar-refractivity contribution in [3.63, 3.8) is 0 Å². The summed E-state index contributed by atoms with van der Waals surface area (Å²) >= 11 is 14.2. The van der Waals surface area contributed by atoms with Gasteiger partial charge < -0.3 is 0 Å². The molecule has 8 heteroatoms. The third-order valence-corrected chi connectivity index (χ3v) is 7.07. The summed E-state index contributed by atoms with van der Waals surface area (Å²) in [5, 5.41) is 5.41. The summed E-state index contributed by atoms with van der Waals surface area (Å²) in [7, 11) is -3.26. The van der Waals surface area contributed by atoms with Crippen LogP contribution in [-0.4, -0.2) is 24.5 Å². The van der Waals surface area contributed by atoms with Crippen LogP contribution in [-0.2, 0) is 9.84 Å². The summed E-state index contributed by atoms with van der Waals surface area (Å²) in [6, 6.07) is 18.1. The van der Waals surface area contributed by atoms with Crippen LogP contribution < -0.4 is 0 Å². The third kappa shape index (κ3) is 3.61. The molecule has 0 fully saturated rings. The van der Waals surface area contributed by atoms with Crippen molar-refractivity contribution in [1.82, 2.24) is 9.78 Å². The monoisotopic (exact) mass is 448 g/mol. The maximum atomic E-state index is 11.8. The number of rotatable bonds is 4. The second-order valence-corrected chi connectivity index (χ2v) is 10.1. The van der Waals surface area contributed by atoms with Gasteiger partial charge in [-0.15, -0.1) is 11.3 Å². The average molecular weight is 449 g/mol. The van der Waals surface area contributed by atoms with E-state index in [1.165, 1.54) is 6.26 Å². The molecule has 142 valence electrons. The van der Waals surface area contributed by atoms with E-state index < -0.39 is 9.84 Å². The minimum absolute atomic E-state index is 0.299. The Morgan fingerprint density at radius 3 is 2.32 bits per heavy atom. The second-order valence-electron chi connectivity index (χ2n) is 6.16. The first-order chi connectivity index (χ1) is 13.3. The number of benzene rings is 2. The molecule has 0 aliphatic rings. The largest absolute Gasteiger partial charge is 0.229 e. The standard InChI is InChI=1S/C20H14Cl2N2O2S2/c1-28(25,26)14-5-2-4-13(12-14)18-8-9-19(27-18)17-10-11-23-24(17)20-15(21)6-3-7-16(20)22/h2-12H,1H3. The van der Waals surface area contributed by atoms with E-state index in [1.54, 1.807) is 58.6 Å². The minimum atomic E-state index is -3.26. The van der Waals surface area contributed by atoms with Gasteiger partial charge in [0, 0.05) is 11.1 Å². The number of hydrogen-bond donors (Lipinski definition) is 0. The Bertz CT molecular complexity index is 1260. The molecule has 0 atom stereocenters. The summed E-state index contributed by atoms with van der Waals surface area (Å²) < 4.78 is 25.4. The molecule has 0 saturated carbocycles. The zero-order chi connectivity index (χ0) is 19.9. The lowest BCUT2D eigenvalue weighted by Crippen LogP contribution is -2.00. The Labute approximate surface area is 176 Å². The first-order valence-electron chi connectivity index (χ1n) is 8.24. The molecule has 0 saturated heterocycles. The Hall–Kier alpha value is -2.12. The number of para-hydroxylation sites is 1. The summed E-state index contributed by atoms with van der Waals surface area (Å²) in [4.78, 5) is 2.22. The number of thiophene rings is 1. The van der Waals surface area contributed by atoms with E-state index in [2.05, 4.69) is 5.10 Å². The van der Waals surface area contributed by atoms with Gasteiger partial charge >= 0.3 is 0 Å². The van der Waals surface area contributed by atoms with Gasteiger partial charge in [0.2, 0.25) is 0 Å². The van der Waals surface area contributed by atoms with Crippen LogP contribution in [0.5, 0.6) is 0 Å². The Morgan fingerprint density at radius 1 is 0.929 bits per heavy atom. The van der Waals surface area contributed by atoms with Crippen molar-refractivity contribution in [2.24, 2.45) is 0 Å². The van der Waals surface area contributed by atoms with E-state index in [1.807, 2.05) is 24.3 Å². The van der Waals surface area contributed by atoms with Gasteiger partial charge in [-0.3, -0.25) is 0 Å². The van der Waals surface area contributed by atoms with Crippen LogP contribution in [0.25, 0.3) is 26.7 Å². The molecule has 28 heavy (non-hydrogen) atoms. The highest BCUT2D eigenvalue weighted by molar-refractivity contribution is 7.90. The highest BCUT2D eigenvalue weighted by Crippen LogP contribution is 2.37. The molecule has 0 radical (unpaired) electrons. The van der Waals surface area contributed by atoms with Crippen molar-refractivity contribution >= 4 is 44.4 Å². The van der Waals surface area contributed by atoms with Gasteiger partial charge in [-0.1, -0.05) is 41.4 Å². The van der Waals surface area contributed by atoms with Crippen LogP contribution in [0.4, 0.5) is 0 Å². The molecule has 0 N–H and O–H groups in total. The molecule has 0 spiro atoms. The van der Waals surface area contributed by atoms with Gasteiger partial charge in [0.05, 0.1) is 31.7 Å². The SMILES string of the molecule is CS(=O)(=O)c1cccc(-c2ccc(-c3ccnn3-c3c(Cl)cccc3Cl)s2)c1. The lowest BCUT2D eigenvalue weighted by Gasteiger charge is -2.10. The van der Waals surface area contributed by atoms with Crippen molar-refractivity contribution in [3.8, 4) is 26.7 Å². The molecule has 0 aliphatic heterocycles. The van der Waals surface area contributed by atoms with Crippen LogP contribution in [0.1, 0.15) is 0 Å². The molecule has 4 nitrogen and oxygen atoms in total. The maximum absolute atomic E-state index is 11.8. The van der Waals surface area contributed by atoms with Crippen LogP contribution in [0, 0.1) is 0 Å². The molecule has 4 aromatic rings. The van der Waals surface area contributed by atoms with Gasteiger partial charge in [0.1, 0.15) is 5.69 Å². The number of hydrogen-bond acceptors (Lipinski definition) is 4. The zero-order valence-electron chi connectivity index (χ0n) is 14.6. The molecule has 2 aromatic heterocycles. The van der Waals surface area contributed by atoms with Crippen LogP contribution in [0.15, 0.2) is 71.8 Å². The van der Waals surface area contributed by atoms with E-state index in [0.29, 0.717) is 20.6 Å². The van der Waals surface area contributed by atoms with Crippen molar-refractivity contribution in [2.75, 3.05) is 6.26 Å². The lowest BCUT2D eigenvalue weighted by molar-refractivity contribution is 0.602. The van der Waals surface area contributed by atoms with E-state index >= 15 is 0 Å². The summed E-state index contributed by atoms with van der Waals surface area (Å²) in [6.07, 6.45) is 2.90. The van der Waals surface area contributed by atoms with Crippen molar-refractivity contribution in [1.29, 1.82) is 0 Å². The Balaban J connectivity index is 1.78. The molecule has 0 bridgehead atoms. The van der Waals surface area contributed by atoms with Gasteiger partial charge in [-0.2, -0.15) is 5.10 Å². The lowest BCUT2D eigenvalue weighted by atomic mass is 10.2. The second kappa shape index (κ2) is 7.37. The average Bonchev–Trinajstić information content (AvgIpc) is 3.30. The van der Waals surface area contributed by atoms with E-state index in [0.717, 1.165) is 21.0 Å². The number of nitrogens with zero attached hydrogens (tertiary/aromatic N) is 2. The number of sulfone groups is 1. The Morgan fingerprint density at radius 2 is 1.61 bits per heavy atom.